The molecule has 1 fully saturated rings. The predicted octanol–water partition coefficient (Wildman–Crippen LogP) is 3.09. The maximum absolute atomic E-state index is 13.1. The van der Waals surface area contributed by atoms with Gasteiger partial charge in [-0.05, 0) is 29.7 Å². The average molecular weight is 362 g/mol. The molecule has 3 heterocycles. The number of aromatic nitrogens is 2. The Labute approximate surface area is 158 Å². The van der Waals surface area contributed by atoms with Crippen molar-refractivity contribution in [1.82, 2.24) is 20.4 Å². The monoisotopic (exact) mass is 362 g/mol. The number of aryl methyl sites for hydroxylation is 1. The zero-order chi connectivity index (χ0) is 18.6. The van der Waals surface area contributed by atoms with E-state index in [1.54, 1.807) is 18.5 Å². The molecule has 4 rings (SSSR count). The molecule has 1 amide bonds. The number of amides is 1. The van der Waals surface area contributed by atoms with Crippen molar-refractivity contribution in [2.24, 2.45) is 0 Å². The van der Waals surface area contributed by atoms with E-state index in [-0.39, 0.29) is 11.9 Å². The number of carbonyl (C=O) groups is 1. The highest BCUT2D eigenvalue weighted by Crippen LogP contribution is 2.26. The molecule has 0 bridgehead atoms. The lowest BCUT2D eigenvalue weighted by Crippen LogP contribution is -2.48. The first kappa shape index (κ1) is 17.4. The minimum Gasteiger partial charge on any atom is -0.355 e. The zero-order valence-electron chi connectivity index (χ0n) is 15.3. The van der Waals surface area contributed by atoms with Crippen molar-refractivity contribution in [3.05, 3.63) is 71.7 Å². The average Bonchev–Trinajstić information content (AvgIpc) is 3.24. The van der Waals surface area contributed by atoms with Crippen LogP contribution in [0.3, 0.4) is 0 Å². The largest absolute Gasteiger partial charge is 0.355 e. The molecule has 6 nitrogen and oxygen atoms in total. The van der Waals surface area contributed by atoms with Gasteiger partial charge in [0.25, 0.3) is 5.91 Å². The number of piperazine rings is 1. The van der Waals surface area contributed by atoms with E-state index in [0.29, 0.717) is 18.0 Å². The van der Waals surface area contributed by atoms with Crippen molar-refractivity contribution in [3.63, 3.8) is 0 Å². The molecule has 0 spiro atoms. The Morgan fingerprint density at radius 1 is 1.22 bits per heavy atom. The third kappa shape index (κ3) is 3.61. The molecule has 1 N–H and O–H groups in total. The van der Waals surface area contributed by atoms with Crippen LogP contribution in [0.25, 0.3) is 11.3 Å². The van der Waals surface area contributed by atoms with Crippen LogP contribution in [-0.4, -0.2) is 40.6 Å². The fourth-order valence-electron chi connectivity index (χ4n) is 3.40. The Morgan fingerprint density at radius 3 is 2.74 bits per heavy atom. The number of hydrogen-bond donors (Lipinski definition) is 1. The van der Waals surface area contributed by atoms with E-state index in [9.17, 15) is 4.79 Å². The van der Waals surface area contributed by atoms with Crippen LogP contribution in [0.15, 0.2) is 59.4 Å². The van der Waals surface area contributed by atoms with Gasteiger partial charge in [-0.1, -0.05) is 36.3 Å². The molecule has 1 unspecified atom stereocenters. The van der Waals surface area contributed by atoms with Crippen molar-refractivity contribution in [2.45, 2.75) is 19.4 Å². The summed E-state index contributed by atoms with van der Waals surface area (Å²) in [5.41, 5.74) is 3.60. The minimum atomic E-state index is -0.106. The van der Waals surface area contributed by atoms with E-state index in [1.807, 2.05) is 17.0 Å². The second-order valence-electron chi connectivity index (χ2n) is 6.63. The van der Waals surface area contributed by atoms with Crippen molar-refractivity contribution in [3.8, 4) is 11.3 Å². The molecule has 3 aromatic rings. The Balaban J connectivity index is 1.58. The summed E-state index contributed by atoms with van der Waals surface area (Å²) >= 11 is 0. The lowest BCUT2D eigenvalue weighted by Gasteiger charge is -2.36. The van der Waals surface area contributed by atoms with Gasteiger partial charge in [0, 0.05) is 43.7 Å². The van der Waals surface area contributed by atoms with Gasteiger partial charge in [0.2, 0.25) is 0 Å². The lowest BCUT2D eigenvalue weighted by atomic mass is 10.0. The molecule has 0 saturated carbocycles. The SMILES string of the molecule is CCc1ccc(C2CNCCN2C(=O)c2cc(-c3ccncc3)on2)cc1. The van der Waals surface area contributed by atoms with Crippen LogP contribution in [0.2, 0.25) is 0 Å². The van der Waals surface area contributed by atoms with E-state index >= 15 is 0 Å². The fourth-order valence-corrected chi connectivity index (χ4v) is 3.40. The van der Waals surface area contributed by atoms with Gasteiger partial charge in [-0.3, -0.25) is 9.78 Å². The van der Waals surface area contributed by atoms with Crippen LogP contribution in [0, 0.1) is 0 Å². The Hall–Kier alpha value is -2.99. The molecule has 1 aliphatic heterocycles. The summed E-state index contributed by atoms with van der Waals surface area (Å²) < 4.78 is 5.39. The Bertz CT molecular complexity index is 905. The molecule has 1 aromatic carbocycles. The molecule has 2 aromatic heterocycles. The number of hydrogen-bond acceptors (Lipinski definition) is 5. The molecule has 0 radical (unpaired) electrons. The first-order valence-electron chi connectivity index (χ1n) is 9.24. The molecule has 1 saturated heterocycles. The van der Waals surface area contributed by atoms with Crippen LogP contribution in [0.4, 0.5) is 0 Å². The molecular formula is C21H22N4O2. The van der Waals surface area contributed by atoms with Crippen molar-refractivity contribution < 1.29 is 9.32 Å². The van der Waals surface area contributed by atoms with E-state index in [0.717, 1.165) is 30.6 Å². The van der Waals surface area contributed by atoms with Gasteiger partial charge in [0.05, 0.1) is 6.04 Å². The second kappa shape index (κ2) is 7.72. The smallest absolute Gasteiger partial charge is 0.276 e. The summed E-state index contributed by atoms with van der Waals surface area (Å²) in [6.07, 6.45) is 4.37. The van der Waals surface area contributed by atoms with Crippen LogP contribution in [0.1, 0.15) is 34.6 Å². The number of carbonyl (C=O) groups excluding carboxylic acids is 1. The van der Waals surface area contributed by atoms with Crippen LogP contribution in [0.5, 0.6) is 0 Å². The summed E-state index contributed by atoms with van der Waals surface area (Å²) in [7, 11) is 0. The first-order valence-corrected chi connectivity index (χ1v) is 9.24. The summed E-state index contributed by atoms with van der Waals surface area (Å²) in [6.45, 7) is 4.27. The zero-order valence-corrected chi connectivity index (χ0v) is 15.3. The van der Waals surface area contributed by atoms with Crippen molar-refractivity contribution in [1.29, 1.82) is 0 Å². The maximum Gasteiger partial charge on any atom is 0.276 e. The quantitative estimate of drug-likeness (QED) is 0.772. The van der Waals surface area contributed by atoms with Gasteiger partial charge in [0.1, 0.15) is 0 Å². The maximum atomic E-state index is 13.1. The summed E-state index contributed by atoms with van der Waals surface area (Å²) in [4.78, 5) is 19.0. The third-order valence-corrected chi connectivity index (χ3v) is 4.97. The van der Waals surface area contributed by atoms with Crippen LogP contribution >= 0.6 is 0 Å². The van der Waals surface area contributed by atoms with E-state index in [4.69, 9.17) is 4.52 Å². The van der Waals surface area contributed by atoms with Gasteiger partial charge in [-0.2, -0.15) is 0 Å². The van der Waals surface area contributed by atoms with E-state index in [2.05, 4.69) is 46.6 Å². The number of rotatable bonds is 4. The topological polar surface area (TPSA) is 71.3 Å². The van der Waals surface area contributed by atoms with Gasteiger partial charge < -0.3 is 14.7 Å². The third-order valence-electron chi connectivity index (χ3n) is 4.97. The minimum absolute atomic E-state index is 0.0155. The van der Waals surface area contributed by atoms with Crippen LogP contribution in [-0.2, 0) is 6.42 Å². The molecule has 138 valence electrons. The molecule has 0 aliphatic carbocycles. The number of benzene rings is 1. The van der Waals surface area contributed by atoms with Crippen LogP contribution < -0.4 is 5.32 Å². The summed E-state index contributed by atoms with van der Waals surface area (Å²) in [5.74, 6) is 0.463. The Kier molecular flexibility index (Phi) is 4.98. The molecule has 1 aliphatic rings. The van der Waals surface area contributed by atoms with Gasteiger partial charge in [-0.25, -0.2) is 0 Å². The van der Waals surface area contributed by atoms with Gasteiger partial charge in [-0.15, -0.1) is 0 Å². The first-order chi connectivity index (χ1) is 13.3. The number of nitrogens with zero attached hydrogens (tertiary/aromatic N) is 3. The highest BCUT2D eigenvalue weighted by molar-refractivity contribution is 5.93. The second-order valence-corrected chi connectivity index (χ2v) is 6.63. The molecule has 6 heteroatoms. The summed E-state index contributed by atoms with van der Waals surface area (Å²) in [5, 5.41) is 7.40. The molecule has 1 atom stereocenters. The lowest BCUT2D eigenvalue weighted by molar-refractivity contribution is 0.0624. The highest BCUT2D eigenvalue weighted by atomic mass is 16.5. The Morgan fingerprint density at radius 2 is 2.00 bits per heavy atom. The highest BCUT2D eigenvalue weighted by Gasteiger charge is 2.30. The van der Waals surface area contributed by atoms with Crippen molar-refractivity contribution in [2.75, 3.05) is 19.6 Å². The normalized spacial score (nSPS) is 17.1. The fraction of sp³-hybridized carbons (Fsp3) is 0.286. The standard InChI is InChI=1S/C21H22N4O2/c1-2-15-3-5-16(6-4-15)19-14-23-11-12-25(19)21(26)18-13-20(27-24-18)17-7-9-22-10-8-17/h3-10,13,19,23H,2,11-12,14H2,1H3. The van der Waals surface area contributed by atoms with E-state index in [1.165, 1.54) is 5.56 Å². The number of nitrogens with one attached hydrogen (secondary N) is 1. The van der Waals surface area contributed by atoms with E-state index < -0.39 is 0 Å². The van der Waals surface area contributed by atoms with Gasteiger partial charge >= 0.3 is 0 Å². The molecular weight excluding hydrogens is 340 g/mol. The summed E-state index contributed by atoms with van der Waals surface area (Å²) in [6, 6.07) is 13.8. The van der Waals surface area contributed by atoms with Gasteiger partial charge in [0.15, 0.2) is 11.5 Å². The number of pyridine rings is 1. The molecule has 27 heavy (non-hydrogen) atoms. The predicted molar refractivity (Wildman–Crippen MR) is 102 cm³/mol. The van der Waals surface area contributed by atoms with Crippen molar-refractivity contribution >= 4 is 5.91 Å².